The van der Waals surface area contributed by atoms with Gasteiger partial charge in [0.05, 0.1) is 6.61 Å². The number of alkyl halides is 2. The highest BCUT2D eigenvalue weighted by Crippen LogP contribution is 2.17. The predicted molar refractivity (Wildman–Crippen MR) is 41.3 cm³/mol. The van der Waals surface area contributed by atoms with Crippen molar-refractivity contribution in [2.24, 2.45) is 0 Å². The molecule has 0 spiro atoms. The van der Waals surface area contributed by atoms with Crippen molar-refractivity contribution < 1.29 is 26.7 Å². The van der Waals surface area contributed by atoms with Crippen LogP contribution in [0.15, 0.2) is 0 Å². The van der Waals surface area contributed by atoms with Crippen molar-refractivity contribution in [2.45, 2.75) is 12.8 Å². The summed E-state index contributed by atoms with van der Waals surface area (Å²) in [4.78, 5) is 10.5. The summed E-state index contributed by atoms with van der Waals surface area (Å²) >= 11 is 0. The van der Waals surface area contributed by atoms with Crippen LogP contribution in [-0.2, 0) is 19.4 Å². The normalized spacial score (nSPS) is 12.6. The fourth-order valence-corrected chi connectivity index (χ4v) is 1.40. The molecule has 13 heavy (non-hydrogen) atoms. The molecule has 0 aromatic rings. The molecular weight excluding hydrogens is 206 g/mol. The average Bonchev–Trinajstić information content (AvgIpc) is 1.82. The quantitative estimate of drug-likeness (QED) is 0.631. The zero-order valence-corrected chi connectivity index (χ0v) is 8.03. The van der Waals surface area contributed by atoms with Gasteiger partial charge in [-0.3, -0.25) is 0 Å². The smallest absolute Gasteiger partial charge is 0.378 e. The predicted octanol–water partition coefficient (Wildman–Crippen LogP) is 0.229. The van der Waals surface area contributed by atoms with Gasteiger partial charge in [-0.1, -0.05) is 0 Å². The highest BCUT2D eigenvalue weighted by molar-refractivity contribution is 7.90. The highest BCUT2D eigenvalue weighted by atomic mass is 32.2. The second kappa shape index (κ2) is 3.99. The molecule has 0 aliphatic rings. The molecule has 0 unspecified atom stereocenters. The first-order valence-electron chi connectivity index (χ1n) is 3.42. The fourth-order valence-electron chi connectivity index (χ4n) is 0.625. The lowest BCUT2D eigenvalue weighted by atomic mass is 10.4. The summed E-state index contributed by atoms with van der Waals surface area (Å²) in [6.07, 6.45) is 0.625. The second-order valence-electron chi connectivity index (χ2n) is 2.50. The lowest BCUT2D eigenvalue weighted by Crippen LogP contribution is -2.37. The Morgan fingerprint density at radius 2 is 1.92 bits per heavy atom. The summed E-state index contributed by atoms with van der Waals surface area (Å²) in [6.45, 7) is 1.15. The Balaban J connectivity index is 4.49. The molecule has 0 rings (SSSR count). The van der Waals surface area contributed by atoms with Crippen molar-refractivity contribution in [1.82, 2.24) is 0 Å². The van der Waals surface area contributed by atoms with E-state index in [-0.39, 0.29) is 6.61 Å². The summed E-state index contributed by atoms with van der Waals surface area (Å²) in [5.74, 6) is -7.27. The van der Waals surface area contributed by atoms with Crippen molar-refractivity contribution in [2.75, 3.05) is 18.6 Å². The van der Waals surface area contributed by atoms with Crippen molar-refractivity contribution in [3.05, 3.63) is 0 Å². The van der Waals surface area contributed by atoms with Gasteiger partial charge in [-0.15, -0.1) is 0 Å². The van der Waals surface area contributed by atoms with E-state index in [4.69, 9.17) is 0 Å². The van der Waals surface area contributed by atoms with E-state index in [1.807, 2.05) is 0 Å². The minimum atomic E-state index is -3.95. The van der Waals surface area contributed by atoms with Crippen LogP contribution in [0.5, 0.6) is 0 Å². The average molecular weight is 216 g/mol. The molecule has 0 atom stereocenters. The van der Waals surface area contributed by atoms with Crippen LogP contribution >= 0.6 is 0 Å². The lowest BCUT2D eigenvalue weighted by Gasteiger charge is -2.12. The number of hydrogen-bond acceptors (Lipinski definition) is 4. The number of rotatable bonds is 4. The van der Waals surface area contributed by atoms with Crippen LogP contribution < -0.4 is 0 Å². The first kappa shape index (κ1) is 12.3. The number of hydrogen-bond donors (Lipinski definition) is 0. The van der Waals surface area contributed by atoms with Crippen molar-refractivity contribution in [3.8, 4) is 0 Å². The lowest BCUT2D eigenvalue weighted by molar-refractivity contribution is -0.168. The molecular formula is C6H10F2O4S. The SMILES string of the molecule is CCOC(=O)C(F)(F)CS(C)(=O)=O. The number of carbonyl (C=O) groups excluding carboxylic acids is 1. The molecule has 78 valence electrons. The maximum absolute atomic E-state index is 12.6. The molecule has 0 saturated carbocycles. The number of sulfone groups is 1. The van der Waals surface area contributed by atoms with E-state index in [1.54, 1.807) is 0 Å². The van der Waals surface area contributed by atoms with E-state index in [9.17, 15) is 22.0 Å². The van der Waals surface area contributed by atoms with Gasteiger partial charge in [-0.2, -0.15) is 8.78 Å². The first-order valence-corrected chi connectivity index (χ1v) is 5.48. The number of ether oxygens (including phenoxy) is 1. The van der Waals surface area contributed by atoms with E-state index in [2.05, 4.69) is 4.74 Å². The van der Waals surface area contributed by atoms with E-state index >= 15 is 0 Å². The van der Waals surface area contributed by atoms with Gasteiger partial charge in [0.1, 0.15) is 5.75 Å². The molecule has 0 heterocycles. The monoisotopic (exact) mass is 216 g/mol. The van der Waals surface area contributed by atoms with Crippen LogP contribution in [0.4, 0.5) is 8.78 Å². The summed E-state index contributed by atoms with van der Waals surface area (Å²) in [7, 11) is -3.90. The van der Waals surface area contributed by atoms with Gasteiger partial charge < -0.3 is 4.74 Å². The molecule has 0 aliphatic carbocycles. The summed E-state index contributed by atoms with van der Waals surface area (Å²) in [5.41, 5.74) is 0. The Bertz CT molecular complexity index is 283. The van der Waals surface area contributed by atoms with Crippen molar-refractivity contribution >= 4 is 15.8 Å². The van der Waals surface area contributed by atoms with Crippen LogP contribution in [0.3, 0.4) is 0 Å². The van der Waals surface area contributed by atoms with E-state index < -0.39 is 27.5 Å². The Kier molecular flexibility index (Phi) is 3.77. The minimum absolute atomic E-state index is 0.210. The standard InChI is InChI=1S/C6H10F2O4S/c1-3-12-5(9)6(7,8)4-13(2,10)11/h3-4H2,1-2H3. The van der Waals surface area contributed by atoms with Crippen LogP contribution in [0.25, 0.3) is 0 Å². The van der Waals surface area contributed by atoms with E-state index in [1.165, 1.54) is 6.92 Å². The molecule has 0 bridgehead atoms. The Hall–Kier alpha value is -0.720. The molecule has 0 aromatic heterocycles. The third kappa shape index (κ3) is 4.76. The summed E-state index contributed by atoms with van der Waals surface area (Å²) in [6, 6.07) is 0. The number of esters is 1. The zero-order chi connectivity index (χ0) is 10.7. The highest BCUT2D eigenvalue weighted by Gasteiger charge is 2.43. The molecule has 0 amide bonds. The summed E-state index contributed by atoms with van der Waals surface area (Å²) in [5, 5.41) is 0. The maximum atomic E-state index is 12.6. The van der Waals surface area contributed by atoms with Gasteiger partial charge in [-0.25, -0.2) is 13.2 Å². The third-order valence-electron chi connectivity index (χ3n) is 1.02. The Labute approximate surface area is 74.8 Å². The Morgan fingerprint density at radius 1 is 1.46 bits per heavy atom. The topological polar surface area (TPSA) is 60.4 Å². The number of halogens is 2. The first-order chi connectivity index (χ1) is 5.69. The number of carbonyl (C=O) groups is 1. The Morgan fingerprint density at radius 3 is 2.23 bits per heavy atom. The minimum Gasteiger partial charge on any atom is -0.462 e. The van der Waals surface area contributed by atoms with Crippen LogP contribution in [0.2, 0.25) is 0 Å². The van der Waals surface area contributed by atoms with Crippen molar-refractivity contribution in [3.63, 3.8) is 0 Å². The van der Waals surface area contributed by atoms with Gasteiger partial charge >= 0.3 is 11.9 Å². The van der Waals surface area contributed by atoms with Gasteiger partial charge in [0, 0.05) is 6.26 Å². The zero-order valence-electron chi connectivity index (χ0n) is 7.21. The van der Waals surface area contributed by atoms with Crippen LogP contribution in [-0.4, -0.2) is 38.9 Å². The maximum Gasteiger partial charge on any atom is 0.378 e. The molecule has 0 aromatic carbocycles. The van der Waals surface area contributed by atoms with E-state index in [0.29, 0.717) is 6.26 Å². The van der Waals surface area contributed by atoms with Gasteiger partial charge in [0.25, 0.3) is 0 Å². The van der Waals surface area contributed by atoms with Crippen LogP contribution in [0.1, 0.15) is 6.92 Å². The molecule has 0 radical (unpaired) electrons. The molecule has 4 nitrogen and oxygen atoms in total. The largest absolute Gasteiger partial charge is 0.462 e. The van der Waals surface area contributed by atoms with Gasteiger partial charge in [0.15, 0.2) is 9.84 Å². The van der Waals surface area contributed by atoms with Gasteiger partial charge in [-0.05, 0) is 6.92 Å². The van der Waals surface area contributed by atoms with E-state index in [0.717, 1.165) is 0 Å². The molecule has 0 aliphatic heterocycles. The van der Waals surface area contributed by atoms with Crippen molar-refractivity contribution in [1.29, 1.82) is 0 Å². The molecule has 0 N–H and O–H groups in total. The third-order valence-corrected chi connectivity index (χ3v) is 1.90. The molecule has 0 saturated heterocycles. The fraction of sp³-hybridized carbons (Fsp3) is 0.833. The molecule has 0 fully saturated rings. The van der Waals surface area contributed by atoms with Crippen LogP contribution in [0, 0.1) is 0 Å². The molecule has 7 heteroatoms. The summed E-state index contributed by atoms with van der Waals surface area (Å²) < 4.78 is 50.2. The van der Waals surface area contributed by atoms with Gasteiger partial charge in [0.2, 0.25) is 0 Å². The second-order valence-corrected chi connectivity index (χ2v) is 4.64.